The maximum absolute atomic E-state index is 5.26. The molecular weight excluding hydrogens is 154 g/mol. The van der Waals surface area contributed by atoms with Crippen molar-refractivity contribution < 1.29 is 4.74 Å². The summed E-state index contributed by atoms with van der Waals surface area (Å²) in [5.41, 5.74) is 0. The zero-order valence-corrected chi connectivity index (χ0v) is 7.02. The van der Waals surface area contributed by atoms with Crippen molar-refractivity contribution in [1.29, 1.82) is 0 Å². The highest BCUT2D eigenvalue weighted by Crippen LogP contribution is 2.05. The molecule has 0 amide bonds. The van der Waals surface area contributed by atoms with E-state index < -0.39 is 0 Å². The van der Waals surface area contributed by atoms with Crippen LogP contribution in [0.5, 0.6) is 0 Å². The summed E-state index contributed by atoms with van der Waals surface area (Å²) in [7, 11) is 0. The van der Waals surface area contributed by atoms with Crippen molar-refractivity contribution in [2.45, 2.75) is 0 Å². The minimum atomic E-state index is 0.747. The van der Waals surface area contributed by atoms with E-state index in [4.69, 9.17) is 4.74 Å². The summed E-state index contributed by atoms with van der Waals surface area (Å²) in [5.74, 6) is 0. The lowest BCUT2D eigenvalue weighted by molar-refractivity contribution is -0.0617. The van der Waals surface area contributed by atoms with Crippen LogP contribution in [0.25, 0.3) is 0 Å². The molecule has 0 aromatic rings. The zero-order valence-electron chi connectivity index (χ0n) is 7.02. The van der Waals surface area contributed by atoms with Gasteiger partial charge in [0, 0.05) is 25.5 Å². The molecule has 1 saturated heterocycles. The summed E-state index contributed by atoms with van der Waals surface area (Å²) in [4.78, 5) is 4.17. The first-order valence-electron chi connectivity index (χ1n) is 4.23. The Bertz CT molecular complexity index is 196. The van der Waals surface area contributed by atoms with Gasteiger partial charge in [0.25, 0.3) is 0 Å². The Labute approximate surface area is 72.1 Å². The second-order valence-electron chi connectivity index (χ2n) is 2.82. The third-order valence-electron chi connectivity index (χ3n) is 2.03. The lowest BCUT2D eigenvalue weighted by Gasteiger charge is -2.36. The van der Waals surface area contributed by atoms with Crippen LogP contribution in [0.2, 0.25) is 0 Å². The Morgan fingerprint density at radius 3 is 2.75 bits per heavy atom. The number of allylic oxidation sites excluding steroid dienone is 1. The molecule has 12 heavy (non-hydrogen) atoms. The molecule has 0 aromatic heterocycles. The number of aliphatic imine (C=N–C) groups is 1. The molecule has 66 valence electrons. The molecule has 0 aliphatic carbocycles. The molecule has 0 atom stereocenters. The predicted molar refractivity (Wildman–Crippen MR) is 46.7 cm³/mol. The quantitative estimate of drug-likeness (QED) is 0.554. The standard InChI is InChI=1S/C8H13N3O/c1-2-9-8-11(3-1)10-4-6-12-7-5-10/h1-3H,4-8H2. The van der Waals surface area contributed by atoms with Crippen molar-refractivity contribution in [3.8, 4) is 0 Å². The molecular formula is C8H13N3O. The lowest BCUT2D eigenvalue weighted by Crippen LogP contribution is -2.46. The first kappa shape index (κ1) is 7.76. The fraction of sp³-hybridized carbons (Fsp3) is 0.625. The molecule has 0 radical (unpaired) electrons. The van der Waals surface area contributed by atoms with Crippen LogP contribution in [0, 0.1) is 0 Å². The summed E-state index contributed by atoms with van der Waals surface area (Å²) in [6.07, 6.45) is 5.84. The molecule has 0 spiro atoms. The van der Waals surface area contributed by atoms with Crippen LogP contribution >= 0.6 is 0 Å². The number of hydrogen-bond acceptors (Lipinski definition) is 4. The van der Waals surface area contributed by atoms with Gasteiger partial charge in [0.2, 0.25) is 0 Å². The van der Waals surface area contributed by atoms with E-state index in [0.29, 0.717) is 0 Å². The number of morpholine rings is 1. The first-order valence-corrected chi connectivity index (χ1v) is 4.23. The molecule has 2 heterocycles. The first-order chi connectivity index (χ1) is 5.97. The van der Waals surface area contributed by atoms with Gasteiger partial charge in [-0.2, -0.15) is 0 Å². The van der Waals surface area contributed by atoms with Crippen molar-refractivity contribution in [3.05, 3.63) is 12.3 Å². The van der Waals surface area contributed by atoms with Gasteiger partial charge >= 0.3 is 0 Å². The zero-order chi connectivity index (χ0) is 8.23. The second-order valence-corrected chi connectivity index (χ2v) is 2.82. The molecule has 2 rings (SSSR count). The average molecular weight is 167 g/mol. The maximum Gasteiger partial charge on any atom is 0.124 e. The SMILES string of the molecule is C1=CN(N2CCOCC2)CN=C1. The Balaban J connectivity index is 1.90. The monoisotopic (exact) mass is 167 g/mol. The Morgan fingerprint density at radius 2 is 2.08 bits per heavy atom. The number of hydrogen-bond donors (Lipinski definition) is 0. The Hall–Kier alpha value is -0.870. The van der Waals surface area contributed by atoms with Gasteiger partial charge in [-0.1, -0.05) is 0 Å². The van der Waals surface area contributed by atoms with E-state index in [2.05, 4.69) is 21.2 Å². The van der Waals surface area contributed by atoms with Crippen molar-refractivity contribution >= 4 is 6.21 Å². The molecule has 0 unspecified atom stereocenters. The van der Waals surface area contributed by atoms with E-state index in [1.165, 1.54) is 0 Å². The van der Waals surface area contributed by atoms with Crippen LogP contribution in [0.1, 0.15) is 0 Å². The smallest absolute Gasteiger partial charge is 0.124 e. The molecule has 4 nitrogen and oxygen atoms in total. The number of rotatable bonds is 1. The highest BCUT2D eigenvalue weighted by molar-refractivity contribution is 5.71. The third kappa shape index (κ3) is 1.65. The largest absolute Gasteiger partial charge is 0.379 e. The van der Waals surface area contributed by atoms with Crippen LogP contribution < -0.4 is 0 Å². The van der Waals surface area contributed by atoms with E-state index in [0.717, 1.165) is 33.0 Å². The summed E-state index contributed by atoms with van der Waals surface area (Å²) in [5, 5.41) is 4.39. The fourth-order valence-electron chi connectivity index (χ4n) is 1.37. The number of nitrogens with zero attached hydrogens (tertiary/aromatic N) is 3. The molecule has 2 aliphatic heterocycles. The highest BCUT2D eigenvalue weighted by atomic mass is 16.5. The van der Waals surface area contributed by atoms with Gasteiger partial charge < -0.3 is 4.74 Å². The second kappa shape index (κ2) is 3.69. The lowest BCUT2D eigenvalue weighted by atomic mass is 10.5. The summed E-state index contributed by atoms with van der Waals surface area (Å²) < 4.78 is 5.26. The van der Waals surface area contributed by atoms with Crippen molar-refractivity contribution in [3.63, 3.8) is 0 Å². The fourth-order valence-corrected chi connectivity index (χ4v) is 1.37. The molecule has 0 saturated carbocycles. The van der Waals surface area contributed by atoms with Gasteiger partial charge in [0.1, 0.15) is 6.67 Å². The summed E-state index contributed by atoms with van der Waals surface area (Å²) in [6, 6.07) is 0. The van der Waals surface area contributed by atoms with Gasteiger partial charge in [-0.3, -0.25) is 10.0 Å². The van der Waals surface area contributed by atoms with E-state index in [-0.39, 0.29) is 0 Å². The Morgan fingerprint density at radius 1 is 1.25 bits per heavy atom. The number of hydrazine groups is 1. The number of ether oxygens (including phenoxy) is 1. The van der Waals surface area contributed by atoms with Crippen molar-refractivity contribution in [2.75, 3.05) is 33.0 Å². The normalized spacial score (nSPS) is 24.8. The van der Waals surface area contributed by atoms with Crippen LogP contribution in [-0.4, -0.2) is 49.2 Å². The predicted octanol–water partition coefficient (Wildman–Crippen LogP) is 0.0912. The highest BCUT2D eigenvalue weighted by Gasteiger charge is 2.15. The Kier molecular flexibility index (Phi) is 2.39. The average Bonchev–Trinajstić information content (AvgIpc) is 2.21. The van der Waals surface area contributed by atoms with Gasteiger partial charge in [-0.05, 0) is 6.08 Å². The van der Waals surface area contributed by atoms with Crippen LogP contribution in [0.3, 0.4) is 0 Å². The summed E-state index contributed by atoms with van der Waals surface area (Å²) >= 11 is 0. The van der Waals surface area contributed by atoms with Crippen LogP contribution in [0.15, 0.2) is 17.3 Å². The van der Waals surface area contributed by atoms with Crippen LogP contribution in [-0.2, 0) is 4.74 Å². The van der Waals surface area contributed by atoms with E-state index in [1.807, 2.05) is 12.3 Å². The minimum absolute atomic E-state index is 0.747. The van der Waals surface area contributed by atoms with Crippen molar-refractivity contribution in [2.24, 2.45) is 4.99 Å². The third-order valence-corrected chi connectivity index (χ3v) is 2.03. The molecule has 4 heteroatoms. The van der Waals surface area contributed by atoms with E-state index >= 15 is 0 Å². The molecule has 0 aromatic carbocycles. The van der Waals surface area contributed by atoms with E-state index in [9.17, 15) is 0 Å². The van der Waals surface area contributed by atoms with Crippen molar-refractivity contribution in [1.82, 2.24) is 10.0 Å². The van der Waals surface area contributed by atoms with Gasteiger partial charge in [0.05, 0.1) is 13.2 Å². The molecule has 1 fully saturated rings. The van der Waals surface area contributed by atoms with Crippen LogP contribution in [0.4, 0.5) is 0 Å². The van der Waals surface area contributed by atoms with E-state index in [1.54, 1.807) is 0 Å². The van der Waals surface area contributed by atoms with Gasteiger partial charge in [0.15, 0.2) is 0 Å². The van der Waals surface area contributed by atoms with Gasteiger partial charge in [-0.15, -0.1) is 0 Å². The molecule has 0 bridgehead atoms. The topological polar surface area (TPSA) is 28.1 Å². The molecule has 2 aliphatic rings. The van der Waals surface area contributed by atoms with Gasteiger partial charge in [-0.25, -0.2) is 5.01 Å². The minimum Gasteiger partial charge on any atom is -0.379 e. The maximum atomic E-state index is 5.26. The molecule has 0 N–H and O–H groups in total. The summed E-state index contributed by atoms with van der Waals surface area (Å²) in [6.45, 7) is 4.35.